The molecule has 0 saturated heterocycles. The molecule has 5 nitrogen and oxygen atoms in total. The quantitative estimate of drug-likeness (QED) is 0.427. The number of aryl methyl sites for hydroxylation is 3. The Kier molecular flexibility index (Phi) is 5.61. The van der Waals surface area contributed by atoms with Gasteiger partial charge in [-0.25, -0.2) is 9.67 Å². The van der Waals surface area contributed by atoms with E-state index in [-0.39, 0.29) is 11.7 Å². The number of hydrogen-bond donors (Lipinski definition) is 1. The lowest BCUT2D eigenvalue weighted by Gasteiger charge is -2.10. The van der Waals surface area contributed by atoms with Crippen molar-refractivity contribution in [1.29, 1.82) is 0 Å². The molecule has 1 heterocycles. The second kappa shape index (κ2) is 8.36. The van der Waals surface area contributed by atoms with Crippen LogP contribution in [0.15, 0.2) is 60.7 Å². The lowest BCUT2D eigenvalue weighted by molar-refractivity contribution is 0.101. The Hall–Kier alpha value is -3.44. The van der Waals surface area contributed by atoms with Crippen LogP contribution in [0.3, 0.4) is 0 Å². The molecule has 156 valence electrons. The molecule has 0 aliphatic rings. The Bertz CT molecular complexity index is 1290. The minimum Gasteiger partial charge on any atom is -0.319 e. The Labute approximate surface area is 186 Å². The van der Waals surface area contributed by atoms with E-state index in [0.29, 0.717) is 10.8 Å². The van der Waals surface area contributed by atoms with Crippen LogP contribution in [0.25, 0.3) is 17.1 Å². The number of benzene rings is 3. The third-order valence-corrected chi connectivity index (χ3v) is 5.57. The van der Waals surface area contributed by atoms with Gasteiger partial charge in [-0.05, 0) is 74.2 Å². The SMILES string of the molecule is Cc1ccc(C)c(-n2nc(C(=O)Nc3cccc(C)c3C)nc2-c2cccc(Cl)c2)c1. The number of anilines is 1. The van der Waals surface area contributed by atoms with Gasteiger partial charge in [0, 0.05) is 16.3 Å². The van der Waals surface area contributed by atoms with Crippen molar-refractivity contribution < 1.29 is 4.79 Å². The van der Waals surface area contributed by atoms with Crippen LogP contribution >= 0.6 is 11.6 Å². The maximum atomic E-state index is 13.0. The van der Waals surface area contributed by atoms with E-state index in [0.717, 1.165) is 39.2 Å². The van der Waals surface area contributed by atoms with Crippen LogP contribution in [0, 0.1) is 27.7 Å². The molecule has 0 unspecified atom stereocenters. The smallest absolute Gasteiger partial charge is 0.295 e. The fourth-order valence-corrected chi connectivity index (χ4v) is 3.59. The first kappa shape index (κ1) is 20.8. The van der Waals surface area contributed by atoms with Gasteiger partial charge in [0.15, 0.2) is 5.82 Å². The van der Waals surface area contributed by atoms with E-state index in [2.05, 4.69) is 15.4 Å². The van der Waals surface area contributed by atoms with Gasteiger partial charge in [0.1, 0.15) is 0 Å². The number of nitrogens with zero attached hydrogens (tertiary/aromatic N) is 3. The zero-order valence-corrected chi connectivity index (χ0v) is 18.7. The highest BCUT2D eigenvalue weighted by Crippen LogP contribution is 2.26. The first-order valence-corrected chi connectivity index (χ1v) is 10.4. The minimum atomic E-state index is -0.360. The van der Waals surface area contributed by atoms with Crippen LogP contribution in [0.4, 0.5) is 5.69 Å². The summed E-state index contributed by atoms with van der Waals surface area (Å²) in [5.41, 5.74) is 6.64. The van der Waals surface area contributed by atoms with Gasteiger partial charge >= 0.3 is 0 Å². The van der Waals surface area contributed by atoms with Gasteiger partial charge in [-0.15, -0.1) is 5.10 Å². The van der Waals surface area contributed by atoms with Crippen LogP contribution in [0.2, 0.25) is 5.02 Å². The van der Waals surface area contributed by atoms with Crippen molar-refractivity contribution >= 4 is 23.2 Å². The van der Waals surface area contributed by atoms with Gasteiger partial charge in [0.25, 0.3) is 5.91 Å². The van der Waals surface area contributed by atoms with Crippen molar-refractivity contribution in [3.05, 3.63) is 93.8 Å². The molecule has 0 aliphatic carbocycles. The lowest BCUT2D eigenvalue weighted by Crippen LogP contribution is -2.15. The second-order valence-corrected chi connectivity index (χ2v) is 8.11. The molecular weight excluding hydrogens is 408 g/mol. The number of nitrogens with one attached hydrogen (secondary N) is 1. The van der Waals surface area contributed by atoms with Crippen LogP contribution in [0.1, 0.15) is 32.9 Å². The normalized spacial score (nSPS) is 10.9. The molecule has 0 fully saturated rings. The van der Waals surface area contributed by atoms with E-state index in [4.69, 9.17) is 11.6 Å². The third-order valence-electron chi connectivity index (χ3n) is 5.34. The van der Waals surface area contributed by atoms with Crippen LogP contribution in [-0.2, 0) is 0 Å². The van der Waals surface area contributed by atoms with Gasteiger partial charge in [0.05, 0.1) is 5.69 Å². The summed E-state index contributed by atoms with van der Waals surface area (Å²) < 4.78 is 1.71. The fourth-order valence-electron chi connectivity index (χ4n) is 3.40. The molecule has 0 aliphatic heterocycles. The van der Waals surface area contributed by atoms with E-state index < -0.39 is 0 Å². The molecule has 3 aromatic carbocycles. The molecule has 0 radical (unpaired) electrons. The number of hydrogen-bond acceptors (Lipinski definition) is 3. The molecule has 1 aromatic heterocycles. The van der Waals surface area contributed by atoms with E-state index in [1.165, 1.54) is 0 Å². The maximum absolute atomic E-state index is 13.0. The predicted molar refractivity (Wildman–Crippen MR) is 125 cm³/mol. The summed E-state index contributed by atoms with van der Waals surface area (Å²) in [6.45, 7) is 8.02. The number of carbonyl (C=O) groups is 1. The molecule has 31 heavy (non-hydrogen) atoms. The predicted octanol–water partition coefficient (Wildman–Crippen LogP) is 6.07. The van der Waals surface area contributed by atoms with Crippen molar-refractivity contribution in [3.8, 4) is 17.1 Å². The molecule has 1 amide bonds. The number of carbonyl (C=O) groups excluding carboxylic acids is 1. The van der Waals surface area contributed by atoms with Crippen molar-refractivity contribution in [2.75, 3.05) is 5.32 Å². The maximum Gasteiger partial charge on any atom is 0.295 e. The van der Waals surface area contributed by atoms with Crippen molar-refractivity contribution in [2.45, 2.75) is 27.7 Å². The average Bonchev–Trinajstić information content (AvgIpc) is 3.18. The molecule has 6 heteroatoms. The number of halogens is 1. The summed E-state index contributed by atoms with van der Waals surface area (Å²) in [6, 6.07) is 19.3. The summed E-state index contributed by atoms with van der Waals surface area (Å²) in [5, 5.41) is 8.12. The highest BCUT2D eigenvalue weighted by atomic mass is 35.5. The summed E-state index contributed by atoms with van der Waals surface area (Å²) in [7, 11) is 0. The summed E-state index contributed by atoms with van der Waals surface area (Å²) in [4.78, 5) is 17.6. The van der Waals surface area contributed by atoms with E-state index in [1.807, 2.05) is 82.3 Å². The Morgan fingerprint density at radius 1 is 0.935 bits per heavy atom. The largest absolute Gasteiger partial charge is 0.319 e. The second-order valence-electron chi connectivity index (χ2n) is 7.67. The first-order valence-electron chi connectivity index (χ1n) is 10.0. The van der Waals surface area contributed by atoms with Gasteiger partial charge in [-0.1, -0.05) is 48.0 Å². The standard InChI is InChI=1S/C25H23ClN4O/c1-15-11-12-17(3)22(13-15)30-24(19-8-6-9-20(26)14-19)28-23(29-30)25(31)27-21-10-5-7-16(2)18(21)4/h5-14H,1-4H3,(H,27,31). The lowest BCUT2D eigenvalue weighted by atomic mass is 10.1. The van der Waals surface area contributed by atoms with Crippen molar-refractivity contribution in [3.63, 3.8) is 0 Å². The van der Waals surface area contributed by atoms with E-state index in [9.17, 15) is 4.79 Å². The van der Waals surface area contributed by atoms with Gasteiger partial charge in [-0.3, -0.25) is 4.79 Å². The Morgan fingerprint density at radius 2 is 1.71 bits per heavy atom. The fraction of sp³-hybridized carbons (Fsp3) is 0.160. The molecule has 4 rings (SSSR count). The minimum absolute atomic E-state index is 0.0942. The summed E-state index contributed by atoms with van der Waals surface area (Å²) in [5.74, 6) is 0.292. The number of aromatic nitrogens is 3. The Balaban J connectivity index is 1.82. The monoisotopic (exact) mass is 430 g/mol. The summed E-state index contributed by atoms with van der Waals surface area (Å²) in [6.07, 6.45) is 0. The van der Waals surface area contributed by atoms with E-state index >= 15 is 0 Å². The molecule has 0 atom stereocenters. The number of rotatable bonds is 4. The molecular formula is C25H23ClN4O. The van der Waals surface area contributed by atoms with Crippen LogP contribution in [-0.4, -0.2) is 20.7 Å². The van der Waals surface area contributed by atoms with Crippen molar-refractivity contribution in [2.24, 2.45) is 0 Å². The van der Waals surface area contributed by atoms with Gasteiger partial charge < -0.3 is 5.32 Å². The zero-order chi connectivity index (χ0) is 22.1. The zero-order valence-electron chi connectivity index (χ0n) is 17.9. The van der Waals surface area contributed by atoms with E-state index in [1.54, 1.807) is 10.7 Å². The Morgan fingerprint density at radius 3 is 2.48 bits per heavy atom. The topological polar surface area (TPSA) is 59.8 Å². The first-order chi connectivity index (χ1) is 14.8. The molecule has 4 aromatic rings. The van der Waals surface area contributed by atoms with Crippen LogP contribution in [0.5, 0.6) is 0 Å². The molecule has 0 spiro atoms. The van der Waals surface area contributed by atoms with Gasteiger partial charge in [0.2, 0.25) is 5.82 Å². The number of amides is 1. The molecule has 1 N–H and O–H groups in total. The molecule has 0 saturated carbocycles. The highest BCUT2D eigenvalue weighted by molar-refractivity contribution is 6.30. The summed E-state index contributed by atoms with van der Waals surface area (Å²) >= 11 is 6.22. The molecule has 0 bridgehead atoms. The average molecular weight is 431 g/mol. The van der Waals surface area contributed by atoms with Crippen molar-refractivity contribution in [1.82, 2.24) is 14.8 Å². The van der Waals surface area contributed by atoms with Crippen LogP contribution < -0.4 is 5.32 Å². The highest BCUT2D eigenvalue weighted by Gasteiger charge is 2.20. The van der Waals surface area contributed by atoms with Gasteiger partial charge in [-0.2, -0.15) is 0 Å². The third kappa shape index (κ3) is 4.23.